The van der Waals surface area contributed by atoms with E-state index < -0.39 is 32.4 Å². The lowest BCUT2D eigenvalue weighted by molar-refractivity contribution is 0.0995. The molecule has 5 rings (SSSR count). The van der Waals surface area contributed by atoms with Gasteiger partial charge in [-0.25, -0.2) is 12.8 Å². The zero-order valence-corrected chi connectivity index (χ0v) is 20.1. The van der Waals surface area contributed by atoms with Crippen LogP contribution in [0.5, 0.6) is 0 Å². The van der Waals surface area contributed by atoms with Gasteiger partial charge in [-0.1, -0.05) is 12.1 Å². The second-order valence-corrected chi connectivity index (χ2v) is 10.5. The van der Waals surface area contributed by atoms with E-state index in [-0.39, 0.29) is 22.9 Å². The summed E-state index contributed by atoms with van der Waals surface area (Å²) in [5, 5.41) is 7.17. The number of furan rings is 1. The Bertz CT molecular complexity index is 1580. The molecule has 8 nitrogen and oxygen atoms in total. The van der Waals surface area contributed by atoms with Crippen molar-refractivity contribution in [3.63, 3.8) is 0 Å². The van der Waals surface area contributed by atoms with Gasteiger partial charge in [-0.2, -0.15) is 0 Å². The van der Waals surface area contributed by atoms with E-state index >= 15 is 0 Å². The zero-order valence-electron chi connectivity index (χ0n) is 18.5. The van der Waals surface area contributed by atoms with Crippen molar-refractivity contribution in [3.05, 3.63) is 111 Å². The van der Waals surface area contributed by atoms with Crippen molar-refractivity contribution in [3.8, 4) is 0 Å². The van der Waals surface area contributed by atoms with Gasteiger partial charge in [0.2, 0.25) is 5.78 Å². The number of Topliss-reactive ketones (excluding diaryl/α,β-unsaturated/α-hetero) is 1. The number of carbonyl (C=O) groups excluding carboxylic acids is 2. The second kappa shape index (κ2) is 9.44. The Kier molecular flexibility index (Phi) is 6.17. The Morgan fingerprint density at radius 1 is 1.06 bits per heavy atom. The predicted molar refractivity (Wildman–Crippen MR) is 135 cm³/mol. The largest absolute Gasteiger partial charge is 0.459 e. The van der Waals surface area contributed by atoms with Crippen molar-refractivity contribution in [2.45, 2.75) is 6.54 Å². The number of rotatable bonds is 6. The van der Waals surface area contributed by atoms with Crippen molar-refractivity contribution in [1.82, 2.24) is 0 Å². The van der Waals surface area contributed by atoms with Crippen molar-refractivity contribution in [2.75, 3.05) is 14.9 Å². The van der Waals surface area contributed by atoms with Crippen molar-refractivity contribution < 1.29 is 26.8 Å². The van der Waals surface area contributed by atoms with E-state index in [9.17, 15) is 22.4 Å². The first-order valence-electron chi connectivity index (χ1n) is 10.6. The molecule has 0 bridgehead atoms. The molecule has 182 valence electrons. The van der Waals surface area contributed by atoms with E-state index in [1.165, 1.54) is 30.5 Å². The molecule has 2 aromatic heterocycles. The highest BCUT2D eigenvalue weighted by Gasteiger charge is 2.41. The molecule has 0 unspecified atom stereocenters. The monoisotopic (exact) mass is 523 g/mol. The van der Waals surface area contributed by atoms with Crippen molar-refractivity contribution in [2.24, 2.45) is 0 Å². The lowest BCUT2D eigenvalue weighted by atomic mass is 10.2. The number of nitrogens with zero attached hydrogens (tertiary/aromatic N) is 1. The van der Waals surface area contributed by atoms with Crippen LogP contribution in [-0.4, -0.2) is 20.1 Å². The van der Waals surface area contributed by atoms with Gasteiger partial charge in [0.1, 0.15) is 10.7 Å². The van der Waals surface area contributed by atoms with E-state index in [1.807, 2.05) is 0 Å². The van der Waals surface area contributed by atoms with E-state index in [0.717, 1.165) is 21.8 Å². The fraction of sp³-hybridized carbons (Fsp3) is 0.0400. The highest BCUT2D eigenvalue weighted by atomic mass is 32.2. The smallest absolute Gasteiger partial charge is 0.291 e. The molecule has 3 heterocycles. The van der Waals surface area contributed by atoms with Crippen LogP contribution in [0, 0.1) is 5.82 Å². The van der Waals surface area contributed by atoms with Crippen LogP contribution in [-0.2, 0) is 16.6 Å². The van der Waals surface area contributed by atoms with Crippen LogP contribution in [0.3, 0.4) is 0 Å². The Balaban J connectivity index is 1.38. The summed E-state index contributed by atoms with van der Waals surface area (Å²) in [5.41, 5.74) is 1.71. The van der Waals surface area contributed by atoms with Crippen LogP contribution in [0.15, 0.2) is 93.9 Å². The molecule has 0 atom stereocenters. The summed E-state index contributed by atoms with van der Waals surface area (Å²) in [6.07, 6.45) is 2.55. The molecule has 0 fully saturated rings. The van der Waals surface area contributed by atoms with E-state index in [0.29, 0.717) is 16.9 Å². The van der Waals surface area contributed by atoms with Gasteiger partial charge in [0, 0.05) is 17.6 Å². The van der Waals surface area contributed by atoms with Gasteiger partial charge in [-0.15, -0.1) is 11.3 Å². The third kappa shape index (κ3) is 4.53. The lowest BCUT2D eigenvalue weighted by Gasteiger charge is -2.29. The number of sulfonamides is 1. The minimum absolute atomic E-state index is 0.126. The van der Waals surface area contributed by atoms with E-state index in [1.54, 1.807) is 47.8 Å². The Morgan fingerprint density at radius 2 is 1.83 bits per heavy atom. The van der Waals surface area contributed by atoms with Crippen molar-refractivity contribution >= 4 is 50.1 Å². The first-order chi connectivity index (χ1) is 17.3. The maximum atomic E-state index is 13.7. The highest BCUT2D eigenvalue weighted by Crippen LogP contribution is 2.39. The number of thiophene rings is 1. The summed E-state index contributed by atoms with van der Waals surface area (Å²) < 4.78 is 46.7. The van der Waals surface area contributed by atoms with E-state index in [4.69, 9.17) is 4.42 Å². The molecule has 2 N–H and O–H groups in total. The van der Waals surface area contributed by atoms with Crippen LogP contribution < -0.4 is 14.9 Å². The quantitative estimate of drug-likeness (QED) is 0.336. The molecular formula is C25H18FN3O5S2. The average molecular weight is 524 g/mol. The number of fused-ring (bicyclic) bond motifs is 1. The number of allylic oxidation sites excluding steroid dienone is 1. The van der Waals surface area contributed by atoms with E-state index in [2.05, 4.69) is 10.6 Å². The van der Waals surface area contributed by atoms with Crippen LogP contribution in [0.25, 0.3) is 0 Å². The van der Waals surface area contributed by atoms with Crippen LogP contribution in [0.2, 0.25) is 0 Å². The van der Waals surface area contributed by atoms with Crippen LogP contribution in [0.1, 0.15) is 25.8 Å². The molecule has 2 aromatic carbocycles. The van der Waals surface area contributed by atoms with Crippen LogP contribution >= 0.6 is 11.3 Å². The van der Waals surface area contributed by atoms with Gasteiger partial charge in [0.25, 0.3) is 15.9 Å². The van der Waals surface area contributed by atoms with Crippen molar-refractivity contribution in [1.29, 1.82) is 0 Å². The molecule has 11 heteroatoms. The molecular weight excluding hydrogens is 505 g/mol. The Hall–Kier alpha value is -4.22. The summed E-state index contributed by atoms with van der Waals surface area (Å²) in [4.78, 5) is 25.0. The number of halogens is 1. The summed E-state index contributed by atoms with van der Waals surface area (Å²) in [5.74, 6) is -1.35. The molecule has 1 aliphatic rings. The molecule has 0 spiro atoms. The van der Waals surface area contributed by atoms with Crippen LogP contribution in [0.4, 0.5) is 21.5 Å². The third-order valence-corrected chi connectivity index (χ3v) is 8.05. The number of hydrogen-bond acceptors (Lipinski definition) is 7. The molecule has 4 aromatic rings. The first kappa shape index (κ1) is 23.5. The average Bonchev–Trinajstić information content (AvgIpc) is 3.55. The SMILES string of the molecule is O=C(Nc1ccc(NC=C2C(=O)c3sccc3N(Cc3cccc(F)c3)S2(=O)=O)cc1)c1ccco1. The molecule has 1 amide bonds. The molecule has 0 saturated carbocycles. The van der Waals surface area contributed by atoms with Gasteiger partial charge < -0.3 is 15.1 Å². The standard InChI is InChI=1S/C25H18FN3O5S2/c26-17-4-1-3-16(13-17)15-29-20-10-12-35-24(20)23(30)22(36(29,32)33)14-27-18-6-8-19(9-7-18)28-25(31)21-5-2-11-34-21/h1-14,27H,15H2,(H,28,31). The number of benzene rings is 2. The molecule has 36 heavy (non-hydrogen) atoms. The first-order valence-corrected chi connectivity index (χ1v) is 13.0. The number of ketones is 1. The summed E-state index contributed by atoms with van der Waals surface area (Å²) in [7, 11) is -4.23. The number of carbonyl (C=O) groups is 2. The molecule has 0 saturated heterocycles. The number of amides is 1. The summed E-state index contributed by atoms with van der Waals surface area (Å²) in [6, 6.07) is 16.8. The summed E-state index contributed by atoms with van der Waals surface area (Å²) in [6.45, 7) is -0.126. The predicted octanol–water partition coefficient (Wildman–Crippen LogP) is 5.22. The van der Waals surface area contributed by atoms with Gasteiger partial charge in [-0.3, -0.25) is 13.9 Å². The Morgan fingerprint density at radius 3 is 2.56 bits per heavy atom. The maximum absolute atomic E-state index is 13.7. The van der Waals surface area contributed by atoms with Gasteiger partial charge in [-0.05, 0) is 65.5 Å². The maximum Gasteiger partial charge on any atom is 0.291 e. The Labute approximate surface area is 209 Å². The minimum atomic E-state index is -4.23. The minimum Gasteiger partial charge on any atom is -0.459 e. The lowest BCUT2D eigenvalue weighted by Crippen LogP contribution is -2.38. The molecule has 0 aliphatic carbocycles. The van der Waals surface area contributed by atoms with Gasteiger partial charge >= 0.3 is 0 Å². The van der Waals surface area contributed by atoms with Gasteiger partial charge in [0.05, 0.1) is 18.5 Å². The van der Waals surface area contributed by atoms with Gasteiger partial charge in [0.15, 0.2) is 10.7 Å². The summed E-state index contributed by atoms with van der Waals surface area (Å²) >= 11 is 1.14. The fourth-order valence-electron chi connectivity index (χ4n) is 3.66. The molecule has 0 radical (unpaired) electrons. The second-order valence-electron chi connectivity index (χ2n) is 7.77. The topological polar surface area (TPSA) is 109 Å². The molecule has 1 aliphatic heterocycles. The fourth-order valence-corrected chi connectivity index (χ4v) is 6.14. The number of anilines is 3. The third-order valence-electron chi connectivity index (χ3n) is 5.38. The zero-order chi connectivity index (χ0) is 25.3. The number of hydrogen-bond donors (Lipinski definition) is 2. The highest BCUT2D eigenvalue weighted by molar-refractivity contribution is 7.97. The number of nitrogens with one attached hydrogen (secondary N) is 2. The normalized spacial score (nSPS) is 15.5.